The zero-order valence-electron chi connectivity index (χ0n) is 11.2. The Morgan fingerprint density at radius 1 is 1.40 bits per heavy atom. The predicted octanol–water partition coefficient (Wildman–Crippen LogP) is 1.04. The summed E-state index contributed by atoms with van der Waals surface area (Å²) in [6.07, 6.45) is 0.823. The fraction of sp³-hybridized carbons (Fsp3) is 0.267. The number of allylic oxidation sites excluding steroid dienone is 2. The van der Waals surface area contributed by atoms with Crippen molar-refractivity contribution in [3.63, 3.8) is 0 Å². The number of hydrogen-bond acceptors (Lipinski definition) is 5. The number of ether oxygens (including phenoxy) is 1. The van der Waals surface area contributed by atoms with Crippen molar-refractivity contribution in [3.05, 3.63) is 47.3 Å². The van der Waals surface area contributed by atoms with Gasteiger partial charge in [-0.1, -0.05) is 12.6 Å². The smallest absolute Gasteiger partial charge is 0.213 e. The molecule has 0 amide bonds. The van der Waals surface area contributed by atoms with Crippen molar-refractivity contribution in [1.82, 2.24) is 0 Å². The van der Waals surface area contributed by atoms with Gasteiger partial charge in [0.2, 0.25) is 5.78 Å². The molecule has 104 valence electrons. The summed E-state index contributed by atoms with van der Waals surface area (Å²) < 4.78 is 5.71. The van der Waals surface area contributed by atoms with Gasteiger partial charge in [-0.2, -0.15) is 0 Å². The maximum absolute atomic E-state index is 12.0. The van der Waals surface area contributed by atoms with Crippen LogP contribution in [0.25, 0.3) is 0 Å². The van der Waals surface area contributed by atoms with Gasteiger partial charge in [0.1, 0.15) is 11.4 Å². The molecule has 1 heterocycles. The van der Waals surface area contributed by atoms with Crippen molar-refractivity contribution in [3.8, 4) is 5.75 Å². The number of nitrogens with zero attached hydrogens (tertiary/aromatic N) is 1. The third kappa shape index (κ3) is 1.78. The lowest BCUT2D eigenvalue weighted by Crippen LogP contribution is -2.39. The molecular formula is C15H17N3O2. The van der Waals surface area contributed by atoms with Crippen molar-refractivity contribution < 1.29 is 9.53 Å². The highest BCUT2D eigenvalue weighted by Crippen LogP contribution is 2.38. The molecule has 4 N–H and O–H groups in total. The number of anilines is 1. The average Bonchev–Trinajstić information content (AvgIpc) is 2.69. The third-order valence-corrected chi connectivity index (χ3v) is 3.67. The SMILES string of the molecule is C=C1C(=O)C(N2CCCOc3ccc(CN)cc32)=C1N. The van der Waals surface area contributed by atoms with E-state index in [1.54, 1.807) is 0 Å². The summed E-state index contributed by atoms with van der Waals surface area (Å²) in [5.74, 6) is 0.666. The van der Waals surface area contributed by atoms with E-state index in [-0.39, 0.29) is 5.78 Å². The Kier molecular flexibility index (Phi) is 2.99. The minimum Gasteiger partial charge on any atom is -0.491 e. The summed E-state index contributed by atoms with van der Waals surface area (Å²) in [5, 5.41) is 0. The van der Waals surface area contributed by atoms with Crippen molar-refractivity contribution in [2.45, 2.75) is 13.0 Å². The summed E-state index contributed by atoms with van der Waals surface area (Å²) in [6.45, 7) is 5.42. The van der Waals surface area contributed by atoms with Crippen LogP contribution in [-0.4, -0.2) is 18.9 Å². The largest absolute Gasteiger partial charge is 0.491 e. The van der Waals surface area contributed by atoms with Gasteiger partial charge in [0.25, 0.3) is 0 Å². The Balaban J connectivity index is 2.10. The van der Waals surface area contributed by atoms with Crippen molar-refractivity contribution >= 4 is 11.5 Å². The van der Waals surface area contributed by atoms with E-state index in [0.717, 1.165) is 23.4 Å². The molecule has 1 aromatic carbocycles. The second-order valence-electron chi connectivity index (χ2n) is 4.93. The molecule has 20 heavy (non-hydrogen) atoms. The zero-order chi connectivity index (χ0) is 14.3. The minimum atomic E-state index is -0.0894. The molecule has 0 saturated heterocycles. The molecule has 5 heteroatoms. The number of fused-ring (bicyclic) bond motifs is 1. The summed E-state index contributed by atoms with van der Waals surface area (Å²) in [6, 6.07) is 5.78. The van der Waals surface area contributed by atoms with Crippen LogP contribution in [0.3, 0.4) is 0 Å². The summed E-state index contributed by atoms with van der Waals surface area (Å²) in [7, 11) is 0. The van der Waals surface area contributed by atoms with E-state index in [9.17, 15) is 4.79 Å². The number of nitrogens with two attached hydrogens (primary N) is 2. The molecule has 0 aromatic heterocycles. The maximum atomic E-state index is 12.0. The molecule has 0 saturated carbocycles. The quantitative estimate of drug-likeness (QED) is 0.786. The fourth-order valence-corrected chi connectivity index (χ4v) is 2.52. The van der Waals surface area contributed by atoms with E-state index in [4.69, 9.17) is 16.2 Å². The van der Waals surface area contributed by atoms with Gasteiger partial charge >= 0.3 is 0 Å². The molecular weight excluding hydrogens is 254 g/mol. The Bertz CT molecular complexity index is 634. The molecule has 2 aliphatic rings. The van der Waals surface area contributed by atoms with Crippen LogP contribution in [0.5, 0.6) is 5.75 Å². The van der Waals surface area contributed by atoms with Crippen LogP contribution in [0.1, 0.15) is 12.0 Å². The molecule has 5 nitrogen and oxygen atoms in total. The molecule has 3 rings (SSSR count). The first-order valence-electron chi connectivity index (χ1n) is 6.60. The Hall–Kier alpha value is -2.27. The number of hydrogen-bond donors (Lipinski definition) is 2. The lowest BCUT2D eigenvalue weighted by molar-refractivity contribution is -0.113. The van der Waals surface area contributed by atoms with Gasteiger partial charge in [-0.3, -0.25) is 4.79 Å². The lowest BCUT2D eigenvalue weighted by Gasteiger charge is -2.33. The van der Waals surface area contributed by atoms with Crippen LogP contribution >= 0.6 is 0 Å². The molecule has 0 fully saturated rings. The Morgan fingerprint density at radius 2 is 2.20 bits per heavy atom. The van der Waals surface area contributed by atoms with Crippen LogP contribution in [0.15, 0.2) is 41.7 Å². The second-order valence-corrected chi connectivity index (χ2v) is 4.93. The van der Waals surface area contributed by atoms with Gasteiger partial charge in [0, 0.05) is 18.7 Å². The second kappa shape index (κ2) is 4.68. The van der Waals surface area contributed by atoms with E-state index >= 15 is 0 Å². The van der Waals surface area contributed by atoms with Crippen molar-refractivity contribution in [2.75, 3.05) is 18.1 Å². The monoisotopic (exact) mass is 271 g/mol. The van der Waals surface area contributed by atoms with Crippen molar-refractivity contribution in [1.29, 1.82) is 0 Å². The highest BCUT2D eigenvalue weighted by molar-refractivity contribution is 6.21. The van der Waals surface area contributed by atoms with Crippen LogP contribution < -0.4 is 21.1 Å². The molecule has 1 aliphatic heterocycles. The predicted molar refractivity (Wildman–Crippen MR) is 77.2 cm³/mol. The van der Waals surface area contributed by atoms with Crippen LogP contribution in [0.2, 0.25) is 0 Å². The van der Waals surface area contributed by atoms with E-state index in [1.165, 1.54) is 0 Å². The van der Waals surface area contributed by atoms with E-state index in [0.29, 0.717) is 36.7 Å². The molecule has 1 aromatic rings. The van der Waals surface area contributed by atoms with Crippen molar-refractivity contribution in [2.24, 2.45) is 11.5 Å². The number of carbonyl (C=O) groups is 1. The normalized spacial score (nSPS) is 18.4. The highest BCUT2D eigenvalue weighted by atomic mass is 16.5. The fourth-order valence-electron chi connectivity index (χ4n) is 2.52. The van der Waals surface area contributed by atoms with E-state index < -0.39 is 0 Å². The average molecular weight is 271 g/mol. The van der Waals surface area contributed by atoms with Gasteiger partial charge in [-0.15, -0.1) is 0 Å². The van der Waals surface area contributed by atoms with Gasteiger partial charge < -0.3 is 21.1 Å². The summed E-state index contributed by atoms with van der Waals surface area (Å²) in [4.78, 5) is 13.9. The standard InChI is InChI=1S/C15H17N3O2/c1-9-13(17)14(15(9)19)18-5-2-6-20-12-4-3-10(8-16)7-11(12)18/h3-4,7H,1-2,5-6,8,16-17H2. The molecule has 1 aliphatic carbocycles. The maximum Gasteiger partial charge on any atom is 0.213 e. The van der Waals surface area contributed by atoms with Crippen LogP contribution in [0.4, 0.5) is 5.69 Å². The third-order valence-electron chi connectivity index (χ3n) is 3.67. The van der Waals surface area contributed by atoms with Crippen LogP contribution in [0, 0.1) is 0 Å². The zero-order valence-corrected chi connectivity index (χ0v) is 11.2. The van der Waals surface area contributed by atoms with E-state index in [2.05, 4.69) is 6.58 Å². The van der Waals surface area contributed by atoms with E-state index in [1.807, 2.05) is 23.1 Å². The molecule has 0 unspecified atom stereocenters. The molecule has 0 radical (unpaired) electrons. The summed E-state index contributed by atoms with van der Waals surface area (Å²) in [5.41, 5.74) is 14.8. The van der Waals surface area contributed by atoms with Gasteiger partial charge in [0.05, 0.1) is 18.0 Å². The minimum absolute atomic E-state index is 0.0894. The summed E-state index contributed by atoms with van der Waals surface area (Å²) >= 11 is 0. The topological polar surface area (TPSA) is 81.6 Å². The van der Waals surface area contributed by atoms with Gasteiger partial charge in [-0.25, -0.2) is 0 Å². The molecule has 0 spiro atoms. The number of benzene rings is 1. The number of ketones is 1. The number of carbonyl (C=O) groups excluding carboxylic acids is 1. The van der Waals surface area contributed by atoms with Gasteiger partial charge in [-0.05, 0) is 24.1 Å². The van der Waals surface area contributed by atoms with Crippen LogP contribution in [-0.2, 0) is 11.3 Å². The number of Topliss-reactive ketones (excluding diaryl/α,β-unsaturated/α-hetero) is 1. The first-order chi connectivity index (χ1) is 9.63. The Morgan fingerprint density at radius 3 is 2.90 bits per heavy atom. The highest BCUT2D eigenvalue weighted by Gasteiger charge is 2.36. The number of rotatable bonds is 2. The molecule has 0 atom stereocenters. The first kappa shape index (κ1) is 12.7. The van der Waals surface area contributed by atoms with Gasteiger partial charge in [0.15, 0.2) is 0 Å². The molecule has 0 bridgehead atoms. The Labute approximate surface area is 117 Å². The lowest BCUT2D eigenvalue weighted by atomic mass is 9.92. The first-order valence-corrected chi connectivity index (χ1v) is 6.60.